The largest absolute Gasteiger partial charge is 0.314 e. The van der Waals surface area contributed by atoms with E-state index >= 15 is 0 Å². The number of nitrogens with one attached hydrogen (secondary N) is 2. The molecule has 0 fully saturated rings. The Morgan fingerprint density at radius 2 is 1.63 bits per heavy atom. The van der Waals surface area contributed by atoms with Crippen molar-refractivity contribution in [1.29, 1.82) is 0 Å². The van der Waals surface area contributed by atoms with Crippen molar-refractivity contribution in [3.63, 3.8) is 0 Å². The van der Waals surface area contributed by atoms with E-state index in [2.05, 4.69) is 5.32 Å². The van der Waals surface area contributed by atoms with Gasteiger partial charge in [0.2, 0.25) is 0 Å². The third-order valence-corrected chi connectivity index (χ3v) is 9.09. The second kappa shape index (κ2) is 9.70. The Morgan fingerprint density at radius 3 is 2.26 bits per heavy atom. The van der Waals surface area contributed by atoms with Gasteiger partial charge >= 0.3 is 0 Å². The summed E-state index contributed by atoms with van der Waals surface area (Å²) in [6.07, 6.45) is 0. The number of carbonyl (C=O) groups excluding carboxylic acids is 3. The Labute approximate surface area is 206 Å². The first-order valence-electron chi connectivity index (χ1n) is 10.7. The molecule has 11 heteroatoms. The molecule has 4 rings (SSSR count). The lowest BCUT2D eigenvalue weighted by atomic mass is 10.0. The molecule has 9 nitrogen and oxygen atoms in total. The minimum Gasteiger partial charge on any atom is -0.314 e. The van der Waals surface area contributed by atoms with Gasteiger partial charge < -0.3 is 5.32 Å². The maximum Gasteiger partial charge on any atom is 0.262 e. The number of sulfonamides is 1. The van der Waals surface area contributed by atoms with E-state index < -0.39 is 27.9 Å². The highest BCUT2D eigenvalue weighted by molar-refractivity contribution is 7.91. The number of anilines is 1. The number of ketones is 1. The molecule has 1 aliphatic rings. The first-order chi connectivity index (χ1) is 16.6. The van der Waals surface area contributed by atoms with Gasteiger partial charge in [-0.1, -0.05) is 56.3 Å². The lowest BCUT2D eigenvalue weighted by molar-refractivity contribution is -0.134. The number of nitrogens with zero attached hydrogens (tertiary/aromatic N) is 1. The van der Waals surface area contributed by atoms with E-state index in [-0.39, 0.29) is 28.0 Å². The van der Waals surface area contributed by atoms with Crippen LogP contribution in [-0.4, -0.2) is 41.6 Å². The van der Waals surface area contributed by atoms with Crippen LogP contribution in [0.1, 0.15) is 45.7 Å². The number of hydrogen-bond acceptors (Lipinski definition) is 7. The predicted molar refractivity (Wildman–Crippen MR) is 130 cm³/mol. The van der Waals surface area contributed by atoms with Gasteiger partial charge in [-0.2, -0.15) is 4.31 Å². The van der Waals surface area contributed by atoms with Gasteiger partial charge in [0.05, 0.1) is 5.00 Å². The van der Waals surface area contributed by atoms with Crippen LogP contribution in [0.25, 0.3) is 0 Å². The zero-order valence-corrected chi connectivity index (χ0v) is 20.5. The summed E-state index contributed by atoms with van der Waals surface area (Å²) in [5, 5.41) is 12.1. The van der Waals surface area contributed by atoms with Crippen LogP contribution < -0.4 is 10.8 Å². The Balaban J connectivity index is 1.53. The summed E-state index contributed by atoms with van der Waals surface area (Å²) in [6.45, 7) is 3.32. The number of carbonyl (C=O) groups is 3. The molecule has 182 valence electrons. The Kier molecular flexibility index (Phi) is 6.86. The van der Waals surface area contributed by atoms with Crippen LogP contribution in [0.3, 0.4) is 0 Å². The van der Waals surface area contributed by atoms with Gasteiger partial charge in [-0.25, -0.2) is 13.9 Å². The number of fused-ring (bicyclic) bond motifs is 1. The minimum atomic E-state index is -3.99. The van der Waals surface area contributed by atoms with E-state index in [1.54, 1.807) is 62.4 Å². The molecule has 0 radical (unpaired) electrons. The van der Waals surface area contributed by atoms with Gasteiger partial charge in [-0.3, -0.25) is 19.6 Å². The molecule has 1 atom stereocenters. The van der Waals surface area contributed by atoms with Gasteiger partial charge in [-0.15, -0.1) is 11.3 Å². The molecule has 1 aliphatic heterocycles. The summed E-state index contributed by atoms with van der Waals surface area (Å²) < 4.78 is 27.3. The number of rotatable bonds is 7. The Morgan fingerprint density at radius 1 is 0.971 bits per heavy atom. The first-order valence-corrected chi connectivity index (χ1v) is 13.0. The highest BCUT2D eigenvalue weighted by Crippen LogP contribution is 2.41. The quantitative estimate of drug-likeness (QED) is 0.252. The summed E-state index contributed by atoms with van der Waals surface area (Å²) in [7, 11) is -3.99. The number of amides is 2. The summed E-state index contributed by atoms with van der Waals surface area (Å²) in [4.78, 5) is 37.6. The fourth-order valence-corrected chi connectivity index (χ4v) is 7.38. The molecule has 1 aromatic heterocycles. The van der Waals surface area contributed by atoms with E-state index in [0.29, 0.717) is 21.7 Å². The van der Waals surface area contributed by atoms with Crippen molar-refractivity contribution in [3.05, 3.63) is 82.9 Å². The summed E-state index contributed by atoms with van der Waals surface area (Å²) >= 11 is 0.889. The molecule has 35 heavy (non-hydrogen) atoms. The van der Waals surface area contributed by atoms with Crippen molar-refractivity contribution in [2.24, 2.45) is 5.92 Å². The second-order valence-electron chi connectivity index (χ2n) is 8.37. The highest BCUT2D eigenvalue weighted by atomic mass is 32.2. The number of hydrogen-bond donors (Lipinski definition) is 3. The van der Waals surface area contributed by atoms with Crippen molar-refractivity contribution in [2.75, 3.05) is 5.32 Å². The van der Waals surface area contributed by atoms with Crippen LogP contribution in [0, 0.1) is 5.92 Å². The van der Waals surface area contributed by atoms with Gasteiger partial charge in [0.1, 0.15) is 10.3 Å². The van der Waals surface area contributed by atoms with Crippen LogP contribution in [0.2, 0.25) is 0 Å². The van der Waals surface area contributed by atoms with Gasteiger partial charge in [0, 0.05) is 28.8 Å². The molecule has 2 aromatic carbocycles. The molecule has 2 amide bonds. The third kappa shape index (κ3) is 4.76. The van der Waals surface area contributed by atoms with Crippen LogP contribution in [0.5, 0.6) is 0 Å². The van der Waals surface area contributed by atoms with Crippen molar-refractivity contribution in [1.82, 2.24) is 9.79 Å². The molecular weight excluding hydrogens is 490 g/mol. The molecule has 0 bridgehead atoms. The second-order valence-corrected chi connectivity index (χ2v) is 11.5. The zero-order chi connectivity index (χ0) is 25.3. The molecule has 0 spiro atoms. The zero-order valence-electron chi connectivity index (χ0n) is 18.9. The fourth-order valence-electron chi connectivity index (χ4n) is 3.98. The smallest absolute Gasteiger partial charge is 0.262 e. The lowest BCUT2D eigenvalue weighted by Crippen LogP contribution is -2.49. The molecule has 0 aliphatic carbocycles. The predicted octanol–water partition coefficient (Wildman–Crippen LogP) is 3.27. The van der Waals surface area contributed by atoms with E-state index in [9.17, 15) is 22.8 Å². The molecule has 2 heterocycles. The number of thiophene rings is 1. The van der Waals surface area contributed by atoms with Gasteiger partial charge in [0.15, 0.2) is 5.78 Å². The topological polar surface area (TPSA) is 133 Å². The molecule has 3 aromatic rings. The van der Waals surface area contributed by atoms with E-state index in [0.717, 1.165) is 15.6 Å². The maximum absolute atomic E-state index is 13.1. The van der Waals surface area contributed by atoms with Crippen LogP contribution in [-0.2, 0) is 21.4 Å². The molecule has 0 saturated carbocycles. The molecule has 3 N–H and O–H groups in total. The average molecular weight is 514 g/mol. The Bertz CT molecular complexity index is 1400. The molecular formula is C24H23N3O6S2. The first kappa shape index (κ1) is 24.7. The average Bonchev–Trinajstić information content (AvgIpc) is 3.35. The highest BCUT2D eigenvalue weighted by Gasteiger charge is 2.45. The summed E-state index contributed by atoms with van der Waals surface area (Å²) in [6, 6.07) is 15.5. The monoisotopic (exact) mass is 513 g/mol. The summed E-state index contributed by atoms with van der Waals surface area (Å²) in [5.41, 5.74) is 3.11. The fraction of sp³-hybridized carbons (Fsp3) is 0.208. The van der Waals surface area contributed by atoms with Crippen molar-refractivity contribution in [2.45, 2.75) is 30.6 Å². The third-order valence-electron chi connectivity index (χ3n) is 5.62. The van der Waals surface area contributed by atoms with Crippen molar-refractivity contribution < 1.29 is 28.0 Å². The standard InChI is InChI=1S/C24H23N3O6S2/c1-14(2)20(23(30)26-31)27-13-18-12-19(34-24(18)35(27,32)33)25-22(29)17-10-6-9-16(11-17)21(28)15-7-4-3-5-8-15/h3-12,14,20,31H,13H2,1-2H3,(H,25,29)(H,26,30). The summed E-state index contributed by atoms with van der Waals surface area (Å²) in [5.74, 6) is -1.89. The molecule has 1 unspecified atom stereocenters. The lowest BCUT2D eigenvalue weighted by Gasteiger charge is -2.27. The van der Waals surface area contributed by atoms with Crippen molar-refractivity contribution in [3.8, 4) is 0 Å². The van der Waals surface area contributed by atoms with E-state index in [4.69, 9.17) is 5.21 Å². The van der Waals surface area contributed by atoms with Crippen LogP contribution in [0.15, 0.2) is 64.9 Å². The molecule has 0 saturated heterocycles. The minimum absolute atomic E-state index is 0.0391. The van der Waals surface area contributed by atoms with Crippen molar-refractivity contribution >= 4 is 44.0 Å². The Hall–Kier alpha value is -3.38. The van der Waals surface area contributed by atoms with E-state index in [1.807, 2.05) is 6.07 Å². The SMILES string of the molecule is CC(C)C(C(=O)NO)N1Cc2cc(NC(=O)c3cccc(C(=O)c4ccccc4)c3)sc2S1(=O)=O. The number of benzene rings is 2. The van der Waals surface area contributed by atoms with Gasteiger partial charge in [0.25, 0.3) is 21.8 Å². The number of hydroxylamine groups is 1. The van der Waals surface area contributed by atoms with Crippen LogP contribution >= 0.6 is 11.3 Å². The van der Waals surface area contributed by atoms with Gasteiger partial charge in [-0.05, 0) is 24.1 Å². The maximum atomic E-state index is 13.1. The van der Waals surface area contributed by atoms with Crippen LogP contribution in [0.4, 0.5) is 5.00 Å². The van der Waals surface area contributed by atoms with E-state index in [1.165, 1.54) is 11.5 Å². The normalized spacial score (nSPS) is 15.4.